The summed E-state index contributed by atoms with van der Waals surface area (Å²) in [6, 6.07) is 3.42. The zero-order valence-electron chi connectivity index (χ0n) is 8.50. The minimum atomic E-state index is -0.378. The molecule has 0 spiro atoms. The minimum Gasteiger partial charge on any atom is -0.465 e. The summed E-state index contributed by atoms with van der Waals surface area (Å²) in [5.41, 5.74) is 2.22. The average molecular weight is 268 g/mol. The lowest BCUT2D eigenvalue weighted by Crippen LogP contribution is -2.03. The number of nitrogens with zero attached hydrogens (tertiary/aromatic N) is 1. The third kappa shape index (κ3) is 2.57. The van der Waals surface area contributed by atoms with Crippen molar-refractivity contribution in [2.75, 3.05) is 7.11 Å². The molecule has 0 amide bonds. The number of carbonyl (C=O) groups is 1. The number of carbonyl (C=O) groups excluding carboxylic acids is 1. The highest BCUT2D eigenvalue weighted by molar-refractivity contribution is 9.10. The van der Waals surface area contributed by atoms with E-state index in [1.54, 1.807) is 12.1 Å². The van der Waals surface area contributed by atoms with Crippen LogP contribution in [0.3, 0.4) is 0 Å². The second-order valence-corrected chi connectivity index (χ2v) is 3.87. The summed E-state index contributed by atoms with van der Waals surface area (Å²) in [7, 11) is 1.34. The summed E-state index contributed by atoms with van der Waals surface area (Å²) < 4.78 is 5.51. The topological polar surface area (TPSA) is 30.7 Å². The van der Waals surface area contributed by atoms with Crippen molar-refractivity contribution >= 4 is 21.9 Å². The van der Waals surface area contributed by atoms with Gasteiger partial charge in [0, 0.05) is 10.0 Å². The fourth-order valence-electron chi connectivity index (χ4n) is 1.28. The number of esters is 1. The molecule has 1 rings (SSSR count). The number of aryl methyl sites for hydroxylation is 1. The zero-order valence-corrected chi connectivity index (χ0v) is 10.1. The van der Waals surface area contributed by atoms with Crippen LogP contribution in [0.15, 0.2) is 16.6 Å². The van der Waals surface area contributed by atoms with Gasteiger partial charge in [0.05, 0.1) is 12.7 Å². The largest absolute Gasteiger partial charge is 0.465 e. The van der Waals surface area contributed by atoms with Crippen LogP contribution >= 0.6 is 15.9 Å². The predicted octanol–water partition coefficient (Wildman–Crippen LogP) is 2.96. The summed E-state index contributed by atoms with van der Waals surface area (Å²) in [5, 5.41) is 0. The van der Waals surface area contributed by atoms with Crippen LogP contribution in [0.2, 0.25) is 0 Å². The predicted molar refractivity (Wildman–Crippen MR) is 60.5 cm³/mol. The van der Waals surface area contributed by atoms with Crippen molar-refractivity contribution in [1.29, 1.82) is 0 Å². The van der Waals surface area contributed by atoms with E-state index >= 15 is 0 Å². The van der Waals surface area contributed by atoms with E-state index in [-0.39, 0.29) is 12.5 Å². The van der Waals surface area contributed by atoms with Crippen LogP contribution in [-0.4, -0.2) is 13.1 Å². The maximum Gasteiger partial charge on any atom is 0.337 e. The Morgan fingerprint density at radius 1 is 1.60 bits per heavy atom. The lowest BCUT2D eigenvalue weighted by atomic mass is 10.1. The molecule has 0 aromatic heterocycles. The van der Waals surface area contributed by atoms with Crippen molar-refractivity contribution in [3.63, 3.8) is 0 Å². The Morgan fingerprint density at radius 3 is 2.80 bits per heavy atom. The smallest absolute Gasteiger partial charge is 0.337 e. The van der Waals surface area contributed by atoms with E-state index in [1.807, 2.05) is 6.92 Å². The van der Waals surface area contributed by atoms with Gasteiger partial charge in [0.2, 0.25) is 6.54 Å². The van der Waals surface area contributed by atoms with Crippen LogP contribution in [0.4, 0.5) is 0 Å². The Morgan fingerprint density at radius 2 is 2.27 bits per heavy atom. The normalized spacial score (nSPS) is 9.47. The van der Waals surface area contributed by atoms with Crippen molar-refractivity contribution < 1.29 is 9.53 Å². The molecule has 0 heterocycles. The molecule has 1 aromatic rings. The SMILES string of the molecule is [C-]#[N+]Cc1cc(C(=O)OC)cc(C)c1Br. The molecule has 0 bridgehead atoms. The molecular weight excluding hydrogens is 258 g/mol. The summed E-state index contributed by atoms with van der Waals surface area (Å²) >= 11 is 3.39. The quantitative estimate of drug-likeness (QED) is 0.609. The van der Waals surface area contributed by atoms with E-state index in [0.717, 1.165) is 15.6 Å². The van der Waals surface area contributed by atoms with Crippen molar-refractivity contribution in [2.24, 2.45) is 0 Å². The zero-order chi connectivity index (χ0) is 11.4. The van der Waals surface area contributed by atoms with E-state index < -0.39 is 0 Å². The van der Waals surface area contributed by atoms with Crippen LogP contribution in [0.5, 0.6) is 0 Å². The maximum absolute atomic E-state index is 11.3. The van der Waals surface area contributed by atoms with Gasteiger partial charge in [-0.2, -0.15) is 0 Å². The van der Waals surface area contributed by atoms with Crippen LogP contribution in [0.1, 0.15) is 21.5 Å². The highest BCUT2D eigenvalue weighted by atomic mass is 79.9. The number of ether oxygens (including phenoxy) is 1. The lowest BCUT2D eigenvalue weighted by Gasteiger charge is -2.05. The summed E-state index contributed by atoms with van der Waals surface area (Å²) in [6.07, 6.45) is 0. The van der Waals surface area contributed by atoms with Gasteiger partial charge in [-0.1, -0.05) is 0 Å². The van der Waals surface area contributed by atoms with Gasteiger partial charge in [0.15, 0.2) is 0 Å². The number of rotatable bonds is 2. The first-order valence-corrected chi connectivity index (χ1v) is 5.10. The standard InChI is InChI=1S/C11H10BrNO2/c1-7-4-8(11(14)15-3)5-9(6-13-2)10(7)12/h4-5H,6H2,1,3H3. The first-order valence-electron chi connectivity index (χ1n) is 4.30. The van der Waals surface area contributed by atoms with Gasteiger partial charge in [0.1, 0.15) is 0 Å². The molecule has 0 radical (unpaired) electrons. The molecule has 0 saturated heterocycles. The molecule has 0 N–H and O–H groups in total. The van der Waals surface area contributed by atoms with Gasteiger partial charge in [0.25, 0.3) is 0 Å². The second kappa shape index (κ2) is 4.94. The molecule has 0 fully saturated rings. The molecule has 0 unspecified atom stereocenters. The van der Waals surface area contributed by atoms with Gasteiger partial charge in [-0.3, -0.25) is 0 Å². The van der Waals surface area contributed by atoms with E-state index in [2.05, 4.69) is 25.5 Å². The number of benzene rings is 1. The highest BCUT2D eigenvalue weighted by Gasteiger charge is 2.12. The van der Waals surface area contributed by atoms with Crippen molar-refractivity contribution in [3.8, 4) is 0 Å². The Kier molecular flexibility index (Phi) is 3.87. The molecule has 4 heteroatoms. The molecule has 0 aliphatic heterocycles. The number of halogens is 1. The first kappa shape index (κ1) is 11.7. The Balaban J connectivity index is 3.24. The molecule has 78 valence electrons. The van der Waals surface area contributed by atoms with E-state index in [1.165, 1.54) is 7.11 Å². The maximum atomic E-state index is 11.3. The van der Waals surface area contributed by atoms with E-state index in [9.17, 15) is 4.79 Å². The lowest BCUT2D eigenvalue weighted by molar-refractivity contribution is 0.0600. The summed E-state index contributed by atoms with van der Waals surface area (Å²) in [6.45, 7) is 8.95. The Labute approximate surface area is 97.0 Å². The van der Waals surface area contributed by atoms with Gasteiger partial charge >= 0.3 is 5.97 Å². The fraction of sp³-hybridized carbons (Fsp3) is 0.273. The van der Waals surface area contributed by atoms with Crippen molar-refractivity contribution in [2.45, 2.75) is 13.5 Å². The molecule has 0 atom stereocenters. The third-order valence-electron chi connectivity index (χ3n) is 2.00. The summed E-state index contributed by atoms with van der Waals surface area (Å²) in [4.78, 5) is 14.6. The second-order valence-electron chi connectivity index (χ2n) is 3.07. The highest BCUT2D eigenvalue weighted by Crippen LogP contribution is 2.24. The van der Waals surface area contributed by atoms with Crippen molar-refractivity contribution in [3.05, 3.63) is 44.7 Å². The minimum absolute atomic E-state index is 0.256. The molecule has 15 heavy (non-hydrogen) atoms. The van der Waals surface area contributed by atoms with Gasteiger partial charge in [-0.15, -0.1) is 0 Å². The fourth-order valence-corrected chi connectivity index (χ4v) is 1.63. The average Bonchev–Trinajstić information content (AvgIpc) is 2.23. The van der Waals surface area contributed by atoms with Crippen LogP contribution in [-0.2, 0) is 11.3 Å². The molecule has 0 aliphatic rings. The number of methoxy groups -OCH3 is 1. The molecule has 0 aliphatic carbocycles. The van der Waals surface area contributed by atoms with Crippen LogP contribution in [0.25, 0.3) is 4.85 Å². The third-order valence-corrected chi connectivity index (χ3v) is 3.14. The van der Waals surface area contributed by atoms with Gasteiger partial charge in [-0.25, -0.2) is 11.4 Å². The number of hydrogen-bond acceptors (Lipinski definition) is 2. The van der Waals surface area contributed by atoms with Crippen LogP contribution in [0, 0.1) is 13.5 Å². The van der Waals surface area contributed by atoms with Crippen molar-refractivity contribution in [1.82, 2.24) is 0 Å². The van der Waals surface area contributed by atoms with Gasteiger partial charge < -0.3 is 9.58 Å². The van der Waals surface area contributed by atoms with E-state index in [0.29, 0.717) is 5.56 Å². The summed E-state index contributed by atoms with van der Waals surface area (Å²) in [5.74, 6) is -0.378. The Bertz CT molecular complexity index is 435. The monoisotopic (exact) mass is 267 g/mol. The Hall–Kier alpha value is -1.34. The molecule has 1 aromatic carbocycles. The van der Waals surface area contributed by atoms with Crippen LogP contribution < -0.4 is 0 Å². The van der Waals surface area contributed by atoms with Gasteiger partial charge in [-0.05, 0) is 40.5 Å². The molecular formula is C11H10BrNO2. The first-order chi connectivity index (χ1) is 7.10. The number of hydrogen-bond donors (Lipinski definition) is 0. The molecule has 3 nitrogen and oxygen atoms in total. The van der Waals surface area contributed by atoms with E-state index in [4.69, 9.17) is 6.57 Å². The molecule has 0 saturated carbocycles.